The number of hydrogen-bond acceptors (Lipinski definition) is 6. The molecule has 8 nitrogen and oxygen atoms in total. The van der Waals surface area contributed by atoms with Crippen LogP contribution in [0.4, 0.5) is 10.8 Å². The number of fused-ring (bicyclic) bond motifs is 2. The number of hydrogen-bond donors (Lipinski definition) is 3. The third-order valence-electron chi connectivity index (χ3n) is 4.55. The summed E-state index contributed by atoms with van der Waals surface area (Å²) in [5, 5.41) is 8.63. The van der Waals surface area contributed by atoms with Gasteiger partial charge in [0.1, 0.15) is 11.8 Å². The van der Waals surface area contributed by atoms with Crippen LogP contribution in [0.1, 0.15) is 23.2 Å². The summed E-state index contributed by atoms with van der Waals surface area (Å²) in [6.45, 7) is 0. The minimum atomic E-state index is -0.791. The molecular weight excluding hydrogens is 392 g/mol. The van der Waals surface area contributed by atoms with Crippen molar-refractivity contribution in [2.75, 3.05) is 17.7 Å². The third-order valence-corrected chi connectivity index (χ3v) is 5.49. The van der Waals surface area contributed by atoms with Crippen molar-refractivity contribution < 1.29 is 19.1 Å². The maximum absolute atomic E-state index is 12.4. The molecule has 0 bridgehead atoms. The van der Waals surface area contributed by atoms with Crippen molar-refractivity contribution in [1.29, 1.82) is 0 Å². The molecule has 0 saturated carbocycles. The van der Waals surface area contributed by atoms with Gasteiger partial charge in [0.2, 0.25) is 11.8 Å². The van der Waals surface area contributed by atoms with E-state index in [-0.39, 0.29) is 30.6 Å². The Bertz CT molecular complexity index is 1110. The first-order chi connectivity index (χ1) is 14.0. The van der Waals surface area contributed by atoms with E-state index >= 15 is 0 Å². The van der Waals surface area contributed by atoms with Crippen LogP contribution < -0.4 is 20.7 Å². The number of rotatable bonds is 5. The average molecular weight is 410 g/mol. The van der Waals surface area contributed by atoms with E-state index in [0.717, 1.165) is 16.0 Å². The molecule has 3 aromatic rings. The van der Waals surface area contributed by atoms with Crippen LogP contribution in [-0.2, 0) is 9.59 Å². The molecule has 4 rings (SSSR count). The number of benzene rings is 2. The van der Waals surface area contributed by atoms with Crippen molar-refractivity contribution in [2.45, 2.75) is 18.9 Å². The molecule has 3 N–H and O–H groups in total. The number of carbonyl (C=O) groups excluding carboxylic acids is 3. The number of aromatic nitrogens is 1. The van der Waals surface area contributed by atoms with E-state index in [1.54, 1.807) is 37.4 Å². The first-order valence-corrected chi connectivity index (χ1v) is 9.80. The van der Waals surface area contributed by atoms with Gasteiger partial charge in [-0.3, -0.25) is 14.4 Å². The Balaban J connectivity index is 1.38. The van der Waals surface area contributed by atoms with Crippen LogP contribution in [0.3, 0.4) is 0 Å². The first kappa shape index (κ1) is 18.9. The molecule has 2 aromatic carbocycles. The van der Waals surface area contributed by atoms with Crippen LogP contribution in [0.25, 0.3) is 10.2 Å². The lowest BCUT2D eigenvalue weighted by Gasteiger charge is -2.13. The molecule has 0 aliphatic carbocycles. The van der Waals surface area contributed by atoms with Crippen molar-refractivity contribution in [2.24, 2.45) is 0 Å². The molecule has 1 aliphatic rings. The minimum absolute atomic E-state index is 0.0635. The standard InChI is InChI=1S/C20H18N4O4S/c1-28-11-6-7-14-16(10-11)29-20(23-14)24-17(25)9-8-15-19(27)21-13-5-3-2-4-12(13)18(26)22-15/h2-7,10,15H,8-9H2,1H3,(H,21,27)(H,22,26)(H,23,24,25). The highest BCUT2D eigenvalue weighted by Gasteiger charge is 2.27. The maximum atomic E-state index is 12.4. The number of thiazole rings is 1. The molecule has 0 fully saturated rings. The van der Waals surface area contributed by atoms with E-state index < -0.39 is 6.04 Å². The Hall–Kier alpha value is -3.46. The summed E-state index contributed by atoms with van der Waals surface area (Å²) in [6, 6.07) is 11.5. The molecule has 1 unspecified atom stereocenters. The molecule has 9 heteroatoms. The van der Waals surface area contributed by atoms with E-state index in [1.807, 2.05) is 12.1 Å². The molecule has 1 aliphatic heterocycles. The fourth-order valence-corrected chi connectivity index (χ4v) is 3.97. The Morgan fingerprint density at radius 1 is 1.24 bits per heavy atom. The predicted molar refractivity (Wildman–Crippen MR) is 110 cm³/mol. The Morgan fingerprint density at radius 3 is 2.90 bits per heavy atom. The summed E-state index contributed by atoms with van der Waals surface area (Å²) in [5.74, 6) is -0.248. The average Bonchev–Trinajstić information content (AvgIpc) is 3.06. The summed E-state index contributed by atoms with van der Waals surface area (Å²) in [6.07, 6.45) is 0.240. The minimum Gasteiger partial charge on any atom is -0.497 e. The lowest BCUT2D eigenvalue weighted by molar-refractivity contribution is -0.118. The number of carbonyl (C=O) groups is 3. The van der Waals surface area contributed by atoms with Gasteiger partial charge in [-0.15, -0.1) is 0 Å². The second kappa shape index (κ2) is 7.88. The SMILES string of the molecule is COc1ccc2nc(NC(=O)CCC3NC(=O)c4ccccc4NC3=O)sc2c1. The van der Waals surface area contributed by atoms with E-state index in [2.05, 4.69) is 20.9 Å². The van der Waals surface area contributed by atoms with E-state index in [0.29, 0.717) is 16.4 Å². The number of nitrogens with one attached hydrogen (secondary N) is 3. The van der Waals surface area contributed by atoms with Crippen molar-refractivity contribution in [3.8, 4) is 5.75 Å². The number of para-hydroxylation sites is 1. The van der Waals surface area contributed by atoms with Gasteiger partial charge < -0.3 is 20.7 Å². The summed E-state index contributed by atoms with van der Waals surface area (Å²) < 4.78 is 6.09. The molecular formula is C20H18N4O4S. The van der Waals surface area contributed by atoms with Gasteiger partial charge in [0.25, 0.3) is 5.91 Å². The highest BCUT2D eigenvalue weighted by Crippen LogP contribution is 2.29. The Labute approximate surface area is 170 Å². The lowest BCUT2D eigenvalue weighted by atomic mass is 10.1. The van der Waals surface area contributed by atoms with Gasteiger partial charge in [0.15, 0.2) is 5.13 Å². The van der Waals surface area contributed by atoms with Gasteiger partial charge in [0.05, 0.1) is 28.6 Å². The number of anilines is 2. The van der Waals surface area contributed by atoms with Crippen LogP contribution in [0, 0.1) is 0 Å². The van der Waals surface area contributed by atoms with Crippen molar-refractivity contribution in [1.82, 2.24) is 10.3 Å². The van der Waals surface area contributed by atoms with Crippen LogP contribution in [-0.4, -0.2) is 35.9 Å². The van der Waals surface area contributed by atoms with Gasteiger partial charge in [0, 0.05) is 6.42 Å². The van der Waals surface area contributed by atoms with Gasteiger partial charge in [-0.2, -0.15) is 0 Å². The third kappa shape index (κ3) is 4.04. The van der Waals surface area contributed by atoms with Gasteiger partial charge in [-0.05, 0) is 36.8 Å². The smallest absolute Gasteiger partial charge is 0.254 e. The van der Waals surface area contributed by atoms with Crippen molar-refractivity contribution in [3.05, 3.63) is 48.0 Å². The zero-order valence-electron chi connectivity index (χ0n) is 15.5. The van der Waals surface area contributed by atoms with Crippen LogP contribution >= 0.6 is 11.3 Å². The highest BCUT2D eigenvalue weighted by atomic mass is 32.1. The predicted octanol–water partition coefficient (Wildman–Crippen LogP) is 2.77. The van der Waals surface area contributed by atoms with E-state index in [1.165, 1.54) is 11.3 Å². The second-order valence-corrected chi connectivity index (χ2v) is 7.53. The fraction of sp³-hybridized carbons (Fsp3) is 0.200. The monoisotopic (exact) mass is 410 g/mol. The van der Waals surface area contributed by atoms with Gasteiger partial charge in [-0.25, -0.2) is 4.98 Å². The molecule has 0 radical (unpaired) electrons. The number of amides is 3. The lowest BCUT2D eigenvalue weighted by Crippen LogP contribution is -2.41. The van der Waals surface area contributed by atoms with Crippen molar-refractivity contribution >= 4 is 50.1 Å². The van der Waals surface area contributed by atoms with Crippen LogP contribution in [0.5, 0.6) is 5.75 Å². The van der Waals surface area contributed by atoms with E-state index in [9.17, 15) is 14.4 Å². The number of methoxy groups -OCH3 is 1. The summed E-state index contributed by atoms with van der Waals surface area (Å²) >= 11 is 1.34. The molecule has 148 valence electrons. The van der Waals surface area contributed by atoms with E-state index in [4.69, 9.17) is 4.74 Å². The fourth-order valence-electron chi connectivity index (χ4n) is 3.06. The molecule has 1 aromatic heterocycles. The molecule has 0 spiro atoms. The number of nitrogens with zero attached hydrogens (tertiary/aromatic N) is 1. The zero-order valence-corrected chi connectivity index (χ0v) is 16.3. The van der Waals surface area contributed by atoms with Gasteiger partial charge in [-0.1, -0.05) is 23.5 Å². The normalized spacial score (nSPS) is 15.8. The summed E-state index contributed by atoms with van der Waals surface area (Å²) in [5.41, 5.74) is 1.63. The number of ether oxygens (including phenoxy) is 1. The van der Waals surface area contributed by atoms with Crippen molar-refractivity contribution in [3.63, 3.8) is 0 Å². The zero-order chi connectivity index (χ0) is 20.4. The molecule has 3 amide bonds. The quantitative estimate of drug-likeness (QED) is 0.599. The Kier molecular flexibility index (Phi) is 5.13. The van der Waals surface area contributed by atoms with Crippen LogP contribution in [0.15, 0.2) is 42.5 Å². The highest BCUT2D eigenvalue weighted by molar-refractivity contribution is 7.22. The Morgan fingerprint density at radius 2 is 2.07 bits per heavy atom. The topological polar surface area (TPSA) is 109 Å². The summed E-state index contributed by atoms with van der Waals surface area (Å²) in [4.78, 5) is 41.4. The largest absolute Gasteiger partial charge is 0.497 e. The van der Waals surface area contributed by atoms with Gasteiger partial charge >= 0.3 is 0 Å². The summed E-state index contributed by atoms with van der Waals surface area (Å²) in [7, 11) is 1.59. The van der Waals surface area contributed by atoms with Crippen LogP contribution in [0.2, 0.25) is 0 Å². The second-order valence-electron chi connectivity index (χ2n) is 6.50. The first-order valence-electron chi connectivity index (χ1n) is 8.98. The molecule has 2 heterocycles. The molecule has 0 saturated heterocycles. The molecule has 29 heavy (non-hydrogen) atoms. The molecule has 1 atom stereocenters. The maximum Gasteiger partial charge on any atom is 0.254 e.